The van der Waals surface area contributed by atoms with Crippen molar-refractivity contribution in [3.8, 4) is 0 Å². The second kappa shape index (κ2) is 4.40. The van der Waals surface area contributed by atoms with E-state index >= 15 is 0 Å². The monoisotopic (exact) mass is 233 g/mol. The predicted octanol–water partition coefficient (Wildman–Crippen LogP) is 2.47. The summed E-state index contributed by atoms with van der Waals surface area (Å²) in [6, 6.07) is 6.62. The van der Waals surface area contributed by atoms with E-state index < -0.39 is 5.97 Å². The van der Waals surface area contributed by atoms with E-state index in [4.69, 9.17) is 5.11 Å². The maximum atomic E-state index is 10.9. The van der Waals surface area contributed by atoms with Gasteiger partial charge in [0.05, 0.1) is 5.92 Å². The quantitative estimate of drug-likeness (QED) is 0.872. The Kier molecular flexibility index (Phi) is 3.09. The van der Waals surface area contributed by atoms with Gasteiger partial charge < -0.3 is 10.0 Å². The molecule has 3 heteroatoms. The number of carboxylic acid groups (broad SMARTS) is 1. The molecule has 0 bridgehead atoms. The molecule has 0 aromatic heterocycles. The third-order valence-corrected chi connectivity index (χ3v) is 3.80. The molecule has 0 saturated heterocycles. The number of aliphatic carboxylic acids is 1. The number of benzene rings is 1. The van der Waals surface area contributed by atoms with Gasteiger partial charge in [0.2, 0.25) is 0 Å². The second-order valence-electron chi connectivity index (χ2n) is 5.02. The minimum atomic E-state index is -0.703. The Hall–Kier alpha value is -1.51. The summed E-state index contributed by atoms with van der Waals surface area (Å²) in [6.07, 6.45) is 1.68. The maximum absolute atomic E-state index is 10.9. The van der Waals surface area contributed by atoms with Crippen LogP contribution >= 0.6 is 0 Å². The number of carboxylic acids is 1. The maximum Gasteiger partial charge on any atom is 0.306 e. The molecule has 0 saturated carbocycles. The first-order valence-corrected chi connectivity index (χ1v) is 6.05. The molecule has 2 rings (SSSR count). The lowest BCUT2D eigenvalue weighted by molar-refractivity contribution is -0.141. The van der Waals surface area contributed by atoms with Gasteiger partial charge in [-0.2, -0.15) is 0 Å². The largest absolute Gasteiger partial charge is 0.481 e. The zero-order valence-electron chi connectivity index (χ0n) is 10.6. The summed E-state index contributed by atoms with van der Waals surface area (Å²) in [5.41, 5.74) is 3.94. The van der Waals surface area contributed by atoms with Gasteiger partial charge in [-0.05, 0) is 37.0 Å². The molecule has 2 atom stereocenters. The van der Waals surface area contributed by atoms with Crippen molar-refractivity contribution in [3.05, 3.63) is 29.3 Å². The molecule has 1 N–H and O–H groups in total. The van der Waals surface area contributed by atoms with Crippen molar-refractivity contribution in [1.82, 2.24) is 0 Å². The summed E-state index contributed by atoms with van der Waals surface area (Å²) in [6.45, 7) is 3.90. The fourth-order valence-corrected chi connectivity index (χ4v) is 2.60. The Labute approximate surface area is 102 Å². The van der Waals surface area contributed by atoms with E-state index in [1.807, 2.05) is 0 Å². The molecule has 1 aromatic carbocycles. The zero-order valence-corrected chi connectivity index (χ0v) is 10.6. The van der Waals surface area contributed by atoms with Crippen LogP contribution in [-0.2, 0) is 11.2 Å². The van der Waals surface area contributed by atoms with Crippen LogP contribution in [0.5, 0.6) is 0 Å². The Morgan fingerprint density at radius 3 is 2.88 bits per heavy atom. The molecule has 0 radical (unpaired) electrons. The van der Waals surface area contributed by atoms with Gasteiger partial charge in [0.1, 0.15) is 0 Å². The summed E-state index contributed by atoms with van der Waals surface area (Å²) >= 11 is 0. The molecular formula is C14H19NO2. The molecular weight excluding hydrogens is 214 g/mol. The van der Waals surface area contributed by atoms with Crippen molar-refractivity contribution in [2.75, 3.05) is 11.9 Å². The van der Waals surface area contributed by atoms with E-state index in [0.29, 0.717) is 12.5 Å². The molecule has 1 aliphatic rings. The number of aryl methyl sites for hydroxylation is 1. The highest BCUT2D eigenvalue weighted by Crippen LogP contribution is 2.35. The van der Waals surface area contributed by atoms with Crippen LogP contribution in [0.1, 0.15) is 24.5 Å². The van der Waals surface area contributed by atoms with Crippen molar-refractivity contribution >= 4 is 11.7 Å². The van der Waals surface area contributed by atoms with Crippen LogP contribution in [0.15, 0.2) is 18.2 Å². The molecule has 1 aliphatic heterocycles. The molecule has 0 amide bonds. The lowest BCUT2D eigenvalue weighted by Gasteiger charge is -2.24. The van der Waals surface area contributed by atoms with Crippen LogP contribution in [-0.4, -0.2) is 24.2 Å². The molecule has 1 aromatic rings. The first-order valence-electron chi connectivity index (χ1n) is 6.05. The Morgan fingerprint density at radius 1 is 1.59 bits per heavy atom. The first-order chi connectivity index (χ1) is 8.00. The highest BCUT2D eigenvalue weighted by molar-refractivity contribution is 5.70. The van der Waals surface area contributed by atoms with Gasteiger partial charge in [-0.25, -0.2) is 0 Å². The fourth-order valence-electron chi connectivity index (χ4n) is 2.60. The first kappa shape index (κ1) is 12.0. The van der Waals surface area contributed by atoms with Gasteiger partial charge in [-0.15, -0.1) is 0 Å². The van der Waals surface area contributed by atoms with E-state index in [1.165, 1.54) is 16.8 Å². The second-order valence-corrected chi connectivity index (χ2v) is 5.02. The van der Waals surface area contributed by atoms with Gasteiger partial charge in [-0.1, -0.05) is 19.1 Å². The highest BCUT2D eigenvalue weighted by atomic mass is 16.4. The summed E-state index contributed by atoms with van der Waals surface area (Å²) in [5.74, 6) is -0.983. The van der Waals surface area contributed by atoms with Gasteiger partial charge >= 0.3 is 5.97 Å². The van der Waals surface area contributed by atoms with Crippen molar-refractivity contribution in [2.24, 2.45) is 5.92 Å². The summed E-state index contributed by atoms with van der Waals surface area (Å²) in [5, 5.41) is 8.98. The number of nitrogens with zero attached hydrogens (tertiary/aromatic N) is 1. The lowest BCUT2D eigenvalue weighted by atomic mass is 9.97. The smallest absolute Gasteiger partial charge is 0.306 e. The van der Waals surface area contributed by atoms with Gasteiger partial charge in [0.25, 0.3) is 0 Å². The fraction of sp³-hybridized carbons (Fsp3) is 0.500. The van der Waals surface area contributed by atoms with Crippen LogP contribution in [0.4, 0.5) is 5.69 Å². The molecule has 0 aliphatic carbocycles. The topological polar surface area (TPSA) is 40.5 Å². The van der Waals surface area contributed by atoms with Crippen molar-refractivity contribution in [1.29, 1.82) is 0 Å². The van der Waals surface area contributed by atoms with Crippen LogP contribution in [0.3, 0.4) is 0 Å². The van der Waals surface area contributed by atoms with E-state index in [1.54, 1.807) is 6.92 Å². The van der Waals surface area contributed by atoms with Crippen LogP contribution in [0.2, 0.25) is 0 Å². The minimum Gasteiger partial charge on any atom is -0.481 e. The summed E-state index contributed by atoms with van der Waals surface area (Å²) in [4.78, 5) is 13.1. The number of likely N-dealkylation sites (N-methyl/N-ethyl adjacent to an activating group) is 1. The number of hydrogen-bond acceptors (Lipinski definition) is 2. The van der Waals surface area contributed by atoms with Crippen LogP contribution in [0.25, 0.3) is 0 Å². The number of rotatable bonds is 3. The molecule has 1 heterocycles. The van der Waals surface area contributed by atoms with Gasteiger partial charge in [-0.3, -0.25) is 4.79 Å². The lowest BCUT2D eigenvalue weighted by Crippen LogP contribution is -2.31. The molecule has 17 heavy (non-hydrogen) atoms. The van der Waals surface area contributed by atoms with E-state index in [2.05, 4.69) is 37.1 Å². The molecule has 3 nitrogen and oxygen atoms in total. The third kappa shape index (κ3) is 2.14. The SMILES string of the molecule is Cc1cccc2c1CC(CC(C)C(=O)O)N2C. The molecule has 2 unspecified atom stereocenters. The number of carbonyl (C=O) groups is 1. The van der Waals surface area contributed by atoms with Gasteiger partial charge in [0, 0.05) is 18.8 Å². The zero-order chi connectivity index (χ0) is 12.6. The standard InChI is InChI=1S/C14H19NO2/c1-9-5-4-6-13-12(9)8-11(15(13)3)7-10(2)14(16)17/h4-6,10-11H,7-8H2,1-3H3,(H,16,17). The average molecular weight is 233 g/mol. The number of hydrogen-bond donors (Lipinski definition) is 1. The average Bonchev–Trinajstić information content (AvgIpc) is 2.58. The van der Waals surface area contributed by atoms with Crippen molar-refractivity contribution in [2.45, 2.75) is 32.7 Å². The molecule has 92 valence electrons. The predicted molar refractivity (Wildman–Crippen MR) is 68.5 cm³/mol. The van der Waals surface area contributed by atoms with Crippen LogP contribution < -0.4 is 4.90 Å². The van der Waals surface area contributed by atoms with Crippen LogP contribution in [0, 0.1) is 12.8 Å². The summed E-state index contributed by atoms with van der Waals surface area (Å²) in [7, 11) is 2.06. The van der Waals surface area contributed by atoms with E-state index in [9.17, 15) is 4.79 Å². The Bertz CT molecular complexity index is 442. The normalized spacial score (nSPS) is 20.2. The highest BCUT2D eigenvalue weighted by Gasteiger charge is 2.29. The van der Waals surface area contributed by atoms with Gasteiger partial charge in [0.15, 0.2) is 0 Å². The van der Waals surface area contributed by atoms with Crippen molar-refractivity contribution < 1.29 is 9.90 Å². The molecule has 0 spiro atoms. The van der Waals surface area contributed by atoms with Crippen molar-refractivity contribution in [3.63, 3.8) is 0 Å². The van der Waals surface area contributed by atoms with E-state index in [-0.39, 0.29) is 5.92 Å². The minimum absolute atomic E-state index is 0.280. The number of fused-ring (bicyclic) bond motifs is 1. The Balaban J connectivity index is 2.17. The number of anilines is 1. The third-order valence-electron chi connectivity index (χ3n) is 3.80. The summed E-state index contributed by atoms with van der Waals surface area (Å²) < 4.78 is 0. The van der Waals surface area contributed by atoms with E-state index in [0.717, 1.165) is 6.42 Å². The Morgan fingerprint density at radius 2 is 2.29 bits per heavy atom. The molecule has 0 fully saturated rings.